The van der Waals surface area contributed by atoms with Crippen LogP contribution in [0.25, 0.3) is 0 Å². The molecule has 1 aliphatic rings. The van der Waals surface area contributed by atoms with Crippen molar-refractivity contribution < 1.29 is 22.7 Å². The van der Waals surface area contributed by atoms with Gasteiger partial charge < -0.3 is 10.0 Å². The lowest BCUT2D eigenvalue weighted by molar-refractivity contribution is 0.00589. The number of hydrogen-bond acceptors (Lipinski definition) is 5. The molecule has 6 nitrogen and oxygen atoms in total. The molecule has 0 radical (unpaired) electrons. The zero-order valence-electron chi connectivity index (χ0n) is 15.9. The highest BCUT2D eigenvalue weighted by molar-refractivity contribution is 7.91. The van der Waals surface area contributed by atoms with Crippen molar-refractivity contribution in [3.63, 3.8) is 0 Å². The number of sulfone groups is 1. The van der Waals surface area contributed by atoms with E-state index in [1.165, 1.54) is 13.0 Å². The number of aliphatic hydroxyl groups excluding tert-OH is 1. The van der Waals surface area contributed by atoms with Crippen LogP contribution in [0.1, 0.15) is 18.1 Å². The second-order valence-corrected chi connectivity index (χ2v) is 9.77. The molecule has 0 spiro atoms. The molecule has 1 atom stereocenters. The number of anilines is 1. The van der Waals surface area contributed by atoms with Crippen LogP contribution < -0.4 is 4.90 Å². The van der Waals surface area contributed by atoms with Gasteiger partial charge in [0.1, 0.15) is 5.82 Å². The summed E-state index contributed by atoms with van der Waals surface area (Å²) in [5.74, 6) is -0.566. The zero-order chi connectivity index (χ0) is 21.2. The summed E-state index contributed by atoms with van der Waals surface area (Å²) in [7, 11) is -3.10. The van der Waals surface area contributed by atoms with E-state index in [1.807, 2.05) is 0 Å². The molecule has 1 saturated heterocycles. The van der Waals surface area contributed by atoms with Gasteiger partial charge in [-0.1, -0.05) is 17.7 Å². The predicted octanol–water partition coefficient (Wildman–Crippen LogP) is 2.40. The van der Waals surface area contributed by atoms with Gasteiger partial charge in [-0.05, 0) is 36.4 Å². The molecule has 2 N–H and O–H groups in total. The third kappa shape index (κ3) is 5.33. The van der Waals surface area contributed by atoms with Crippen LogP contribution in [0.4, 0.5) is 10.1 Å². The number of rotatable bonds is 6. The van der Waals surface area contributed by atoms with Crippen molar-refractivity contribution in [3.8, 4) is 0 Å². The summed E-state index contributed by atoms with van der Waals surface area (Å²) in [6.45, 7) is 1.90. The van der Waals surface area contributed by atoms with Gasteiger partial charge in [-0.2, -0.15) is 0 Å². The van der Waals surface area contributed by atoms with E-state index in [0.717, 1.165) is 0 Å². The van der Waals surface area contributed by atoms with E-state index in [0.29, 0.717) is 21.8 Å². The van der Waals surface area contributed by atoms with Crippen LogP contribution in [0.15, 0.2) is 42.5 Å². The van der Waals surface area contributed by atoms with Crippen LogP contribution >= 0.6 is 11.6 Å². The Morgan fingerprint density at radius 1 is 1.24 bits per heavy atom. The summed E-state index contributed by atoms with van der Waals surface area (Å²) in [4.78, 5) is 12.8. The Bertz CT molecular complexity index is 984. The van der Waals surface area contributed by atoms with Crippen LogP contribution in [-0.4, -0.2) is 59.9 Å². The van der Waals surface area contributed by atoms with Crippen molar-refractivity contribution in [2.75, 3.05) is 29.5 Å². The van der Waals surface area contributed by atoms with Crippen molar-refractivity contribution in [2.24, 2.45) is 0 Å². The number of aliphatic hydroxyl groups is 1. The predicted molar refractivity (Wildman–Crippen MR) is 112 cm³/mol. The molecule has 1 fully saturated rings. The zero-order valence-corrected chi connectivity index (χ0v) is 17.5. The molecule has 2 aromatic rings. The first kappa shape index (κ1) is 21.7. The summed E-state index contributed by atoms with van der Waals surface area (Å²) in [6.07, 6.45) is -1.14. The van der Waals surface area contributed by atoms with Gasteiger partial charge in [0.05, 0.1) is 24.0 Å². The smallest absolute Gasteiger partial charge is 0.320 e. The minimum atomic E-state index is -3.10. The Labute approximate surface area is 174 Å². The van der Waals surface area contributed by atoms with E-state index in [4.69, 9.17) is 11.6 Å². The number of benzene rings is 2. The number of carbonyl (C=O) groups excluding carboxylic acids is 1. The van der Waals surface area contributed by atoms with Crippen LogP contribution in [0.2, 0.25) is 5.02 Å². The summed E-state index contributed by atoms with van der Waals surface area (Å²) in [5.41, 5.74) is 1.32. The quantitative estimate of drug-likeness (QED) is 0.423. The summed E-state index contributed by atoms with van der Waals surface area (Å²) >= 11 is 5.96. The molecule has 0 aliphatic carbocycles. The summed E-state index contributed by atoms with van der Waals surface area (Å²) < 4.78 is 38.0. The summed E-state index contributed by atoms with van der Waals surface area (Å²) in [5, 5.41) is 11.5. The Morgan fingerprint density at radius 3 is 2.41 bits per heavy atom. The summed E-state index contributed by atoms with van der Waals surface area (Å²) in [6, 6.07) is 11.2. The van der Waals surface area contributed by atoms with E-state index < -0.39 is 22.0 Å². The second kappa shape index (κ2) is 8.79. The Hall–Kier alpha value is -2.00. The number of halogens is 2. The molecular formula is C20H23ClFN2O4S+. The molecular weight excluding hydrogens is 419 g/mol. The third-order valence-electron chi connectivity index (χ3n) is 4.95. The van der Waals surface area contributed by atoms with Crippen LogP contribution in [0.3, 0.4) is 0 Å². The van der Waals surface area contributed by atoms with Crippen molar-refractivity contribution >= 4 is 32.9 Å². The van der Waals surface area contributed by atoms with Gasteiger partial charge in [0, 0.05) is 35.9 Å². The minimum absolute atomic E-state index is 0.0135. The lowest BCUT2D eigenvalue weighted by atomic mass is 10.1. The monoisotopic (exact) mass is 441 g/mol. The molecule has 156 valence electrons. The fraction of sp³-hybridized carbons (Fsp3) is 0.350. The van der Waals surface area contributed by atoms with Gasteiger partial charge in [-0.25, -0.2) is 12.8 Å². The van der Waals surface area contributed by atoms with Gasteiger partial charge >= 0.3 is 5.78 Å². The maximum Gasteiger partial charge on any atom is 0.320 e. The standard InChI is InChI=1S/C20H22ClFN2O4S/c1-14(25)15-2-3-16(19(22)12-15)13-24(18-6-4-17(21)5-7-18)20(26)23-8-10-29(27,28)11-9-23/h2-7,12,20,26H,8-11,13H2,1H3/p+1. The highest BCUT2D eigenvalue weighted by Crippen LogP contribution is 2.25. The molecule has 0 saturated carbocycles. The van der Waals surface area contributed by atoms with Crippen molar-refractivity contribution in [3.05, 3.63) is 64.4 Å². The molecule has 0 bridgehead atoms. The molecule has 29 heavy (non-hydrogen) atoms. The SMILES string of the molecule is CC(=[OH+])c1ccc(CN(c2ccc(Cl)cc2)C(O)N2CCS(=O)(=O)CC2)c(F)c1. The molecule has 0 amide bonds. The largest absolute Gasteiger partial charge is 0.361 e. The second-order valence-electron chi connectivity index (χ2n) is 7.03. The first-order valence-electron chi connectivity index (χ1n) is 9.12. The van der Waals surface area contributed by atoms with Gasteiger partial charge in [-0.15, -0.1) is 0 Å². The lowest BCUT2D eigenvalue weighted by Gasteiger charge is -2.39. The maximum atomic E-state index is 14.6. The van der Waals surface area contributed by atoms with Gasteiger partial charge in [0.2, 0.25) is 0 Å². The molecule has 0 aromatic heterocycles. The molecule has 1 heterocycles. The number of nitrogens with zero attached hydrogens (tertiary/aromatic N) is 2. The van der Waals surface area contributed by atoms with Crippen molar-refractivity contribution in [1.29, 1.82) is 0 Å². The van der Waals surface area contributed by atoms with E-state index in [-0.39, 0.29) is 36.9 Å². The Morgan fingerprint density at radius 2 is 1.86 bits per heavy atom. The molecule has 1 unspecified atom stereocenters. The molecule has 9 heteroatoms. The fourth-order valence-corrected chi connectivity index (χ4v) is 4.53. The van der Waals surface area contributed by atoms with Crippen molar-refractivity contribution in [1.82, 2.24) is 4.90 Å². The Balaban J connectivity index is 1.89. The van der Waals surface area contributed by atoms with Crippen LogP contribution in [-0.2, 0) is 16.4 Å². The fourth-order valence-electron chi connectivity index (χ4n) is 3.18. The first-order chi connectivity index (χ1) is 13.7. The third-order valence-corrected chi connectivity index (χ3v) is 6.82. The topological polar surface area (TPSA) is 82.2 Å². The Kier molecular flexibility index (Phi) is 6.58. The number of ketones is 1. The molecule has 1 aliphatic heterocycles. The highest BCUT2D eigenvalue weighted by Gasteiger charge is 2.30. The molecule has 2 aromatic carbocycles. The van der Waals surface area contributed by atoms with Crippen LogP contribution in [0.5, 0.6) is 0 Å². The normalized spacial score (nSPS) is 17.7. The lowest BCUT2D eigenvalue weighted by Crippen LogP contribution is -2.53. The number of hydrogen-bond donors (Lipinski definition) is 1. The van der Waals surface area contributed by atoms with E-state index >= 15 is 0 Å². The van der Waals surface area contributed by atoms with Crippen molar-refractivity contribution in [2.45, 2.75) is 19.8 Å². The highest BCUT2D eigenvalue weighted by atomic mass is 35.5. The van der Waals surface area contributed by atoms with Gasteiger partial charge in [-0.3, -0.25) is 9.69 Å². The maximum absolute atomic E-state index is 14.6. The average molecular weight is 442 g/mol. The average Bonchev–Trinajstić information content (AvgIpc) is 2.67. The van der Waals surface area contributed by atoms with E-state index in [1.54, 1.807) is 46.2 Å². The minimum Gasteiger partial charge on any atom is -0.361 e. The van der Waals surface area contributed by atoms with E-state index in [9.17, 15) is 22.7 Å². The first-order valence-corrected chi connectivity index (χ1v) is 11.3. The van der Waals surface area contributed by atoms with Gasteiger partial charge in [0.15, 0.2) is 16.2 Å². The van der Waals surface area contributed by atoms with E-state index in [2.05, 4.69) is 0 Å². The van der Waals surface area contributed by atoms with Crippen LogP contribution in [0, 0.1) is 5.82 Å². The molecule has 3 rings (SSSR count). The van der Waals surface area contributed by atoms with Gasteiger partial charge in [0.25, 0.3) is 0 Å².